The normalized spacial score (nSPS) is 21.8. The molecule has 31 heavy (non-hydrogen) atoms. The summed E-state index contributed by atoms with van der Waals surface area (Å²) in [5.41, 5.74) is 2.77. The summed E-state index contributed by atoms with van der Waals surface area (Å²) in [6.45, 7) is 7.54. The summed E-state index contributed by atoms with van der Waals surface area (Å²) < 4.78 is 28.0. The lowest BCUT2D eigenvalue weighted by Crippen LogP contribution is -2.60. The Labute approximate surface area is 178 Å². The van der Waals surface area contributed by atoms with Crippen LogP contribution in [0.1, 0.15) is 37.3 Å². The third-order valence-electron chi connectivity index (χ3n) is 6.49. The molecule has 6 rings (SSSR count). The molecule has 2 bridgehead atoms. The highest BCUT2D eigenvalue weighted by molar-refractivity contribution is 5.75. The summed E-state index contributed by atoms with van der Waals surface area (Å²) in [5, 5.41) is 7.80. The first-order valence-electron chi connectivity index (χ1n) is 10.5. The fraction of sp³-hybridized carbons (Fsp3) is 0.409. The van der Waals surface area contributed by atoms with E-state index < -0.39 is 0 Å². The Morgan fingerprint density at radius 2 is 2.16 bits per heavy atom. The second-order valence-corrected chi connectivity index (χ2v) is 8.66. The van der Waals surface area contributed by atoms with Gasteiger partial charge in [0, 0.05) is 11.3 Å². The zero-order valence-corrected chi connectivity index (χ0v) is 17.3. The molecule has 0 radical (unpaired) electrons. The maximum atomic E-state index is 14.2. The summed E-state index contributed by atoms with van der Waals surface area (Å²) in [7, 11) is 0. The van der Waals surface area contributed by atoms with Gasteiger partial charge in [-0.1, -0.05) is 6.58 Å². The van der Waals surface area contributed by atoms with Crippen molar-refractivity contribution < 1.29 is 13.9 Å². The van der Waals surface area contributed by atoms with E-state index in [1.807, 2.05) is 13.1 Å². The first kappa shape index (κ1) is 18.4. The van der Waals surface area contributed by atoms with Crippen LogP contribution in [0.4, 0.5) is 10.2 Å². The molecule has 1 aliphatic carbocycles. The maximum Gasteiger partial charge on any atom is 0.218 e. The van der Waals surface area contributed by atoms with E-state index in [1.54, 1.807) is 10.7 Å². The van der Waals surface area contributed by atoms with E-state index in [0.29, 0.717) is 48.3 Å². The molecule has 8 nitrogen and oxygen atoms in total. The molecule has 160 valence electrons. The van der Waals surface area contributed by atoms with E-state index in [-0.39, 0.29) is 17.4 Å². The van der Waals surface area contributed by atoms with E-state index in [1.165, 1.54) is 12.3 Å². The number of ether oxygens (including phenoxy) is 2. The van der Waals surface area contributed by atoms with Crippen molar-refractivity contribution in [1.82, 2.24) is 24.9 Å². The highest BCUT2D eigenvalue weighted by Gasteiger charge is 2.48. The Morgan fingerprint density at radius 3 is 2.97 bits per heavy atom. The maximum absolute atomic E-state index is 14.2. The van der Waals surface area contributed by atoms with Crippen molar-refractivity contribution in [3.8, 4) is 11.6 Å². The Bertz CT molecular complexity index is 1200. The number of hydrogen-bond acceptors (Lipinski definition) is 7. The van der Waals surface area contributed by atoms with Crippen molar-refractivity contribution in [2.45, 2.75) is 44.3 Å². The topological polar surface area (TPSA) is 76.8 Å². The highest BCUT2D eigenvalue weighted by Crippen LogP contribution is 2.48. The average Bonchev–Trinajstić information content (AvgIpc) is 3.13. The molecule has 9 heteroatoms. The number of pyridine rings is 1. The number of anilines is 1. The molecule has 0 aromatic carbocycles. The minimum absolute atomic E-state index is 0.0465. The largest absolute Gasteiger partial charge is 0.486 e. The van der Waals surface area contributed by atoms with E-state index in [2.05, 4.69) is 26.9 Å². The predicted molar refractivity (Wildman–Crippen MR) is 113 cm³/mol. The molecule has 1 spiro atoms. The van der Waals surface area contributed by atoms with Gasteiger partial charge in [0.15, 0.2) is 17.2 Å². The summed E-state index contributed by atoms with van der Waals surface area (Å²) in [4.78, 5) is 11.5. The van der Waals surface area contributed by atoms with Gasteiger partial charge in [-0.2, -0.15) is 5.10 Å². The summed E-state index contributed by atoms with van der Waals surface area (Å²) in [5.74, 6) is 1.44. The SMILES string of the molecule is C=C1N[C@H](C)COc2ncc(F)cc2CN2c3nc4c1cnn4cc3OCC21CCC1. The summed E-state index contributed by atoms with van der Waals surface area (Å²) >= 11 is 0. The van der Waals surface area contributed by atoms with Gasteiger partial charge in [-0.05, 0) is 32.3 Å². The lowest BCUT2D eigenvalue weighted by molar-refractivity contribution is 0.111. The molecule has 3 aromatic rings. The van der Waals surface area contributed by atoms with Crippen molar-refractivity contribution in [2.75, 3.05) is 18.1 Å². The molecule has 3 aromatic heterocycles. The van der Waals surface area contributed by atoms with Gasteiger partial charge in [-0.3, -0.25) is 0 Å². The number of hydrogen-bond donors (Lipinski definition) is 1. The third-order valence-corrected chi connectivity index (χ3v) is 6.49. The lowest BCUT2D eigenvalue weighted by atomic mass is 9.75. The molecular weight excluding hydrogens is 399 g/mol. The lowest BCUT2D eigenvalue weighted by Gasteiger charge is -2.53. The van der Waals surface area contributed by atoms with Gasteiger partial charge >= 0.3 is 0 Å². The van der Waals surface area contributed by atoms with Crippen LogP contribution >= 0.6 is 0 Å². The predicted octanol–water partition coefficient (Wildman–Crippen LogP) is 2.93. The summed E-state index contributed by atoms with van der Waals surface area (Å²) in [6.07, 6.45) is 7.92. The van der Waals surface area contributed by atoms with Gasteiger partial charge in [0.25, 0.3) is 0 Å². The third kappa shape index (κ3) is 2.83. The van der Waals surface area contributed by atoms with Crippen LogP contribution in [0, 0.1) is 5.82 Å². The molecule has 0 saturated heterocycles. The Morgan fingerprint density at radius 1 is 1.29 bits per heavy atom. The molecule has 0 unspecified atom stereocenters. The molecule has 1 fully saturated rings. The monoisotopic (exact) mass is 422 g/mol. The van der Waals surface area contributed by atoms with Gasteiger partial charge < -0.3 is 19.7 Å². The quantitative estimate of drug-likeness (QED) is 0.597. The Hall–Kier alpha value is -3.36. The van der Waals surface area contributed by atoms with E-state index in [0.717, 1.165) is 30.6 Å². The number of nitrogens with one attached hydrogen (secondary N) is 1. The van der Waals surface area contributed by atoms with Crippen molar-refractivity contribution in [2.24, 2.45) is 0 Å². The zero-order chi connectivity index (χ0) is 21.2. The van der Waals surface area contributed by atoms with Gasteiger partial charge in [-0.15, -0.1) is 0 Å². The van der Waals surface area contributed by atoms with Crippen molar-refractivity contribution >= 4 is 17.2 Å². The molecule has 2 aliphatic heterocycles. The second-order valence-electron chi connectivity index (χ2n) is 8.66. The van der Waals surface area contributed by atoms with Gasteiger partial charge in [0.05, 0.1) is 42.3 Å². The molecule has 1 atom stereocenters. The van der Waals surface area contributed by atoms with E-state index >= 15 is 0 Å². The van der Waals surface area contributed by atoms with Crippen LogP contribution in [-0.4, -0.2) is 44.4 Å². The van der Waals surface area contributed by atoms with Crippen LogP contribution in [-0.2, 0) is 6.54 Å². The van der Waals surface area contributed by atoms with Crippen molar-refractivity contribution in [3.63, 3.8) is 0 Å². The molecule has 1 saturated carbocycles. The molecule has 0 amide bonds. The average molecular weight is 422 g/mol. The van der Waals surface area contributed by atoms with Gasteiger partial charge in [-0.25, -0.2) is 18.9 Å². The first-order valence-corrected chi connectivity index (χ1v) is 10.5. The van der Waals surface area contributed by atoms with Crippen molar-refractivity contribution in [1.29, 1.82) is 0 Å². The number of nitrogens with zero attached hydrogens (tertiary/aromatic N) is 5. The standard InChI is InChI=1S/C22H23FN6O2/c1-13-11-30-21-15(6-16(23)7-24-21)9-28-20-18(31-12-22(28)4-3-5-22)10-29-19(27-20)17(8-25-29)14(2)26-13/h6-8,10,13,26H,2-5,9,11-12H2,1H3/t13-/m1/s1. The van der Waals surface area contributed by atoms with E-state index in [9.17, 15) is 4.39 Å². The fourth-order valence-corrected chi connectivity index (χ4v) is 4.65. The second kappa shape index (κ2) is 6.57. The first-order chi connectivity index (χ1) is 15.0. The zero-order valence-electron chi connectivity index (χ0n) is 17.3. The van der Waals surface area contributed by atoms with Crippen LogP contribution < -0.4 is 19.7 Å². The minimum atomic E-state index is -0.385. The minimum Gasteiger partial charge on any atom is -0.486 e. The smallest absolute Gasteiger partial charge is 0.218 e. The molecular formula is C22H23FN6O2. The number of aromatic nitrogens is 4. The number of rotatable bonds is 0. The van der Waals surface area contributed by atoms with Gasteiger partial charge in [0.1, 0.15) is 19.0 Å². The van der Waals surface area contributed by atoms with Crippen LogP contribution in [0.2, 0.25) is 0 Å². The molecule has 5 heterocycles. The highest BCUT2D eigenvalue weighted by atomic mass is 19.1. The fourth-order valence-electron chi connectivity index (χ4n) is 4.65. The van der Waals surface area contributed by atoms with Crippen LogP contribution in [0.15, 0.2) is 31.2 Å². The van der Waals surface area contributed by atoms with E-state index in [4.69, 9.17) is 14.5 Å². The Kier molecular flexibility index (Phi) is 3.90. The van der Waals surface area contributed by atoms with Crippen LogP contribution in [0.3, 0.4) is 0 Å². The van der Waals surface area contributed by atoms with Crippen LogP contribution in [0.5, 0.6) is 11.6 Å². The van der Waals surface area contributed by atoms with Crippen LogP contribution in [0.25, 0.3) is 11.3 Å². The number of fused-ring (bicyclic) bond motifs is 2. The molecule has 1 N–H and O–H groups in total. The molecule has 3 aliphatic rings. The Balaban J connectivity index is 1.56. The van der Waals surface area contributed by atoms with Gasteiger partial charge in [0.2, 0.25) is 5.88 Å². The number of halogens is 1. The van der Waals surface area contributed by atoms with Crippen molar-refractivity contribution in [3.05, 3.63) is 48.2 Å². The summed E-state index contributed by atoms with van der Waals surface area (Å²) in [6, 6.07) is 1.46.